The van der Waals surface area contributed by atoms with Gasteiger partial charge in [-0.1, -0.05) is 26.0 Å². The fourth-order valence-corrected chi connectivity index (χ4v) is 4.17. The molecule has 1 fully saturated rings. The Kier molecular flexibility index (Phi) is 9.77. The number of ether oxygens (including phenoxy) is 1. The molecule has 1 aromatic rings. The van der Waals surface area contributed by atoms with Crippen molar-refractivity contribution in [3.8, 4) is 0 Å². The summed E-state index contributed by atoms with van der Waals surface area (Å²) in [5.41, 5.74) is -1.98. The van der Waals surface area contributed by atoms with E-state index in [4.69, 9.17) is 4.74 Å². The van der Waals surface area contributed by atoms with Gasteiger partial charge in [-0.3, -0.25) is 14.1 Å². The maximum atomic E-state index is 13.3. The first-order chi connectivity index (χ1) is 15.9. The molecular formula is C21H30FN3O8S. The predicted octanol–water partition coefficient (Wildman–Crippen LogP) is 0.684. The summed E-state index contributed by atoms with van der Waals surface area (Å²) in [6, 6.07) is 2.75. The van der Waals surface area contributed by atoms with Crippen molar-refractivity contribution in [3.05, 3.63) is 35.6 Å². The van der Waals surface area contributed by atoms with Crippen LogP contribution in [0.15, 0.2) is 24.3 Å². The van der Waals surface area contributed by atoms with Crippen LogP contribution in [0.1, 0.15) is 38.7 Å². The van der Waals surface area contributed by atoms with Crippen molar-refractivity contribution in [1.29, 1.82) is 0 Å². The van der Waals surface area contributed by atoms with Crippen LogP contribution >= 0.6 is 0 Å². The smallest absolute Gasteiger partial charge is 0.408 e. The van der Waals surface area contributed by atoms with Crippen molar-refractivity contribution < 1.29 is 41.6 Å². The summed E-state index contributed by atoms with van der Waals surface area (Å²) in [5.74, 6) is -2.45. The van der Waals surface area contributed by atoms with E-state index >= 15 is 0 Å². The molecule has 0 radical (unpaired) electrons. The Hall–Kier alpha value is -2.77. The molecular weight excluding hydrogens is 473 g/mol. The zero-order chi connectivity index (χ0) is 25.5. The van der Waals surface area contributed by atoms with Gasteiger partial charge in [0.1, 0.15) is 18.5 Å². The third-order valence-electron chi connectivity index (χ3n) is 5.25. The zero-order valence-electron chi connectivity index (χ0n) is 18.9. The predicted molar refractivity (Wildman–Crippen MR) is 118 cm³/mol. The van der Waals surface area contributed by atoms with Gasteiger partial charge in [0.05, 0.1) is 6.04 Å². The third-order valence-corrected chi connectivity index (χ3v) is 6.19. The molecule has 0 aromatic heterocycles. The highest BCUT2D eigenvalue weighted by Gasteiger charge is 2.37. The number of halogens is 1. The minimum atomic E-state index is -4.95. The van der Waals surface area contributed by atoms with Gasteiger partial charge in [-0.2, -0.15) is 8.42 Å². The lowest BCUT2D eigenvalue weighted by Gasteiger charge is -2.27. The molecule has 0 saturated carbocycles. The molecule has 11 nitrogen and oxygen atoms in total. The number of nitrogens with one attached hydrogen (secondary N) is 3. The van der Waals surface area contributed by atoms with Crippen LogP contribution in [0.3, 0.4) is 0 Å². The van der Waals surface area contributed by atoms with Crippen LogP contribution < -0.4 is 16.0 Å². The van der Waals surface area contributed by atoms with E-state index in [0.717, 1.165) is 0 Å². The highest BCUT2D eigenvalue weighted by molar-refractivity contribution is 7.86. The van der Waals surface area contributed by atoms with Crippen molar-refractivity contribution in [2.45, 2.75) is 57.2 Å². The first-order valence-electron chi connectivity index (χ1n) is 10.8. The van der Waals surface area contributed by atoms with Gasteiger partial charge < -0.3 is 25.8 Å². The van der Waals surface area contributed by atoms with Crippen LogP contribution in [-0.4, -0.2) is 60.0 Å². The topological polar surface area (TPSA) is 171 Å². The molecule has 1 saturated heterocycles. The van der Waals surface area contributed by atoms with E-state index in [2.05, 4.69) is 16.0 Å². The number of carbonyl (C=O) groups excluding carboxylic acids is 3. The van der Waals surface area contributed by atoms with Crippen LogP contribution in [0, 0.1) is 17.7 Å². The second-order valence-corrected chi connectivity index (χ2v) is 10.1. The lowest BCUT2D eigenvalue weighted by Crippen LogP contribution is -2.54. The summed E-state index contributed by atoms with van der Waals surface area (Å²) in [7, 11) is -4.95. The Labute approximate surface area is 197 Å². The maximum Gasteiger partial charge on any atom is 0.408 e. The number of aliphatic hydroxyl groups is 1. The van der Waals surface area contributed by atoms with Crippen LogP contribution in [0.5, 0.6) is 0 Å². The van der Waals surface area contributed by atoms with E-state index in [-0.39, 0.29) is 31.3 Å². The first kappa shape index (κ1) is 27.5. The van der Waals surface area contributed by atoms with Crippen molar-refractivity contribution >= 4 is 28.0 Å². The van der Waals surface area contributed by atoms with Crippen molar-refractivity contribution in [1.82, 2.24) is 16.0 Å². The van der Waals surface area contributed by atoms with Gasteiger partial charge in [-0.15, -0.1) is 0 Å². The molecule has 1 aliphatic heterocycles. The molecule has 34 heavy (non-hydrogen) atoms. The van der Waals surface area contributed by atoms with Crippen molar-refractivity contribution in [3.63, 3.8) is 0 Å². The Morgan fingerprint density at radius 3 is 2.56 bits per heavy atom. The third kappa shape index (κ3) is 8.54. The Balaban J connectivity index is 2.08. The lowest BCUT2D eigenvalue weighted by molar-refractivity contribution is -0.126. The van der Waals surface area contributed by atoms with E-state index < -0.39 is 51.4 Å². The van der Waals surface area contributed by atoms with Gasteiger partial charge in [-0.05, 0) is 42.9 Å². The second-order valence-electron chi connectivity index (χ2n) is 8.57. The summed E-state index contributed by atoms with van der Waals surface area (Å²) in [5, 5.41) is 17.4. The fourth-order valence-electron chi connectivity index (χ4n) is 3.58. The number of hydrogen-bond donors (Lipinski definition) is 5. The number of alkyl carbamates (subject to hydrolysis) is 1. The highest BCUT2D eigenvalue weighted by atomic mass is 32.2. The van der Waals surface area contributed by atoms with Gasteiger partial charge in [0.15, 0.2) is 0 Å². The van der Waals surface area contributed by atoms with Crippen molar-refractivity contribution in [2.24, 2.45) is 11.8 Å². The highest BCUT2D eigenvalue weighted by Crippen LogP contribution is 2.20. The lowest BCUT2D eigenvalue weighted by atomic mass is 9.97. The molecule has 2 rings (SSSR count). The first-order valence-corrected chi connectivity index (χ1v) is 12.3. The van der Waals surface area contributed by atoms with Gasteiger partial charge in [0, 0.05) is 12.5 Å². The number of benzene rings is 1. The molecule has 1 heterocycles. The summed E-state index contributed by atoms with van der Waals surface area (Å²) in [6.07, 6.45) is -0.702. The molecule has 1 aromatic carbocycles. The monoisotopic (exact) mass is 503 g/mol. The number of carbonyl (C=O) groups is 3. The van der Waals surface area contributed by atoms with Crippen LogP contribution in [0.2, 0.25) is 0 Å². The largest absolute Gasteiger partial charge is 0.445 e. The normalized spacial score (nSPS) is 18.6. The van der Waals surface area contributed by atoms with E-state index in [9.17, 15) is 36.9 Å². The van der Waals surface area contributed by atoms with Gasteiger partial charge in [0.2, 0.25) is 17.3 Å². The number of aliphatic hydroxyl groups excluding tert-OH is 1. The minimum absolute atomic E-state index is 0.0789. The molecule has 0 bridgehead atoms. The maximum absolute atomic E-state index is 13.3. The summed E-state index contributed by atoms with van der Waals surface area (Å²) < 4.78 is 50.6. The molecule has 0 unspecified atom stereocenters. The zero-order valence-corrected chi connectivity index (χ0v) is 19.7. The van der Waals surface area contributed by atoms with Crippen LogP contribution in [0.4, 0.5) is 9.18 Å². The van der Waals surface area contributed by atoms with Crippen LogP contribution in [-0.2, 0) is 31.1 Å². The van der Waals surface area contributed by atoms with Gasteiger partial charge in [-0.25, -0.2) is 9.18 Å². The van der Waals surface area contributed by atoms with Crippen LogP contribution in [0.25, 0.3) is 0 Å². The molecule has 4 atom stereocenters. The van der Waals surface area contributed by atoms with Gasteiger partial charge >= 0.3 is 6.09 Å². The summed E-state index contributed by atoms with van der Waals surface area (Å²) in [4.78, 5) is 37.1. The molecule has 5 N–H and O–H groups in total. The number of amides is 3. The van der Waals surface area contributed by atoms with E-state index in [1.807, 2.05) is 0 Å². The average molecular weight is 504 g/mol. The molecule has 1 aliphatic rings. The summed E-state index contributed by atoms with van der Waals surface area (Å²) >= 11 is 0. The fraction of sp³-hybridized carbons (Fsp3) is 0.571. The SMILES string of the molecule is CC(C)C[C@H](NC(=O)OCc1cccc(F)c1)C(=O)N[C@@H](C[C@@H]1CCNC1=O)[C@@H](O)S(=O)(=O)O. The second kappa shape index (κ2) is 12.1. The molecule has 0 spiro atoms. The Bertz CT molecular complexity index is 988. The van der Waals surface area contributed by atoms with Crippen molar-refractivity contribution in [2.75, 3.05) is 6.54 Å². The molecule has 0 aliphatic carbocycles. The quantitative estimate of drug-likeness (QED) is 0.274. The summed E-state index contributed by atoms with van der Waals surface area (Å²) in [6.45, 7) is 3.68. The number of rotatable bonds is 11. The van der Waals surface area contributed by atoms with Gasteiger partial charge in [0.25, 0.3) is 10.1 Å². The minimum Gasteiger partial charge on any atom is -0.445 e. The Morgan fingerprint density at radius 1 is 1.29 bits per heavy atom. The molecule has 190 valence electrons. The van der Waals surface area contributed by atoms with E-state index in [1.54, 1.807) is 19.9 Å². The van der Waals surface area contributed by atoms with E-state index in [1.165, 1.54) is 18.2 Å². The average Bonchev–Trinajstić information content (AvgIpc) is 3.14. The van der Waals surface area contributed by atoms with E-state index in [0.29, 0.717) is 18.5 Å². The Morgan fingerprint density at radius 2 is 2.00 bits per heavy atom. The molecule has 13 heteroatoms. The molecule has 3 amide bonds. The number of hydrogen-bond acceptors (Lipinski definition) is 7. The standard InChI is InChI=1S/C21H30FN3O8S/c1-12(2)8-16(25-21(29)33-11-13-4-3-5-15(22)9-13)19(27)24-17(20(28)34(30,31)32)10-14-6-7-23-18(14)26/h3-5,9,12,14,16-17,20,28H,6-8,10-11H2,1-2H3,(H,23,26)(H,24,27)(H,25,29)(H,30,31,32)/t14-,16-,17-,20-/m0/s1.